The fourth-order valence-electron chi connectivity index (χ4n) is 5.66. The number of nitrogens with zero attached hydrogens (tertiary/aromatic N) is 3. The number of nitrogens with one attached hydrogen (secondary N) is 1. The van der Waals surface area contributed by atoms with Crippen molar-refractivity contribution in [2.45, 2.75) is 25.0 Å². The van der Waals surface area contributed by atoms with E-state index in [9.17, 15) is 8.78 Å². The first-order valence-corrected chi connectivity index (χ1v) is 12.0. The third-order valence-electron chi connectivity index (χ3n) is 7.39. The molecule has 182 valence electrons. The zero-order chi connectivity index (χ0) is 25.2. The maximum Gasteiger partial charge on any atom is 0.167 e. The Morgan fingerprint density at radius 3 is 2.64 bits per heavy atom. The van der Waals surface area contributed by atoms with Crippen molar-refractivity contribution in [1.82, 2.24) is 19.8 Å². The Hall–Kier alpha value is -3.84. The lowest BCUT2D eigenvalue weighted by Gasteiger charge is -2.39. The van der Waals surface area contributed by atoms with Gasteiger partial charge in [-0.15, -0.1) is 0 Å². The average Bonchev–Trinajstić information content (AvgIpc) is 3.46. The number of nitrogen functional groups attached to an aromatic ring is 1. The Balaban J connectivity index is 1.40. The third-order valence-corrected chi connectivity index (χ3v) is 7.71. The van der Waals surface area contributed by atoms with E-state index in [0.717, 1.165) is 46.7 Å². The number of halogens is 3. The smallest absolute Gasteiger partial charge is 0.167 e. The van der Waals surface area contributed by atoms with Gasteiger partial charge >= 0.3 is 0 Å². The molecule has 1 unspecified atom stereocenters. The number of hydrogen-bond acceptors (Lipinski definition) is 4. The fraction of sp³-hybridized carbons (Fsp3) is 0.179. The van der Waals surface area contributed by atoms with Crippen LogP contribution in [0.5, 0.6) is 0 Å². The zero-order valence-corrected chi connectivity index (χ0v) is 20.2. The highest BCUT2D eigenvalue weighted by molar-refractivity contribution is 6.32. The normalized spacial score (nSPS) is 19.2. The van der Waals surface area contributed by atoms with Crippen LogP contribution in [0.1, 0.15) is 28.8 Å². The van der Waals surface area contributed by atoms with Gasteiger partial charge in [0.25, 0.3) is 0 Å². The minimum Gasteiger partial charge on any atom is -0.381 e. The molecule has 1 atom stereocenters. The van der Waals surface area contributed by atoms with Crippen molar-refractivity contribution in [3.8, 4) is 0 Å². The molecule has 4 aromatic rings. The summed E-state index contributed by atoms with van der Waals surface area (Å²) in [5, 5.41) is 0.636. The molecule has 0 radical (unpaired) electrons. The molecule has 0 bridgehead atoms. The van der Waals surface area contributed by atoms with Gasteiger partial charge in [0, 0.05) is 41.8 Å². The fourth-order valence-corrected chi connectivity index (χ4v) is 5.95. The standard InChI is InChI=1S/C28H24ClF2N5/c1-16-26-21(4-3-5-22(26)29)28(10-11-35(17(28)2)14-18-6-8-19(30)9-7-18)36(16)15-20-12-24-25(33-20)13-23(31)27(32)34-24/h3-9,12-13,33H,1-2,10-11,14-15H2,(H2,32,34). The third kappa shape index (κ3) is 3.30. The van der Waals surface area contributed by atoms with E-state index < -0.39 is 11.4 Å². The summed E-state index contributed by atoms with van der Waals surface area (Å²) in [5.41, 5.74) is 11.9. The van der Waals surface area contributed by atoms with Gasteiger partial charge in [0.05, 0.1) is 22.6 Å². The Labute approximate surface area is 212 Å². The van der Waals surface area contributed by atoms with E-state index in [2.05, 4.69) is 39.0 Å². The molecule has 1 saturated heterocycles. The van der Waals surface area contributed by atoms with Crippen molar-refractivity contribution in [1.29, 1.82) is 0 Å². The van der Waals surface area contributed by atoms with E-state index in [0.29, 0.717) is 29.1 Å². The molecule has 1 spiro atoms. The molecule has 2 aromatic carbocycles. The monoisotopic (exact) mass is 503 g/mol. The molecule has 5 nitrogen and oxygen atoms in total. The zero-order valence-electron chi connectivity index (χ0n) is 19.5. The van der Waals surface area contributed by atoms with Crippen molar-refractivity contribution >= 4 is 34.1 Å². The molecule has 2 aliphatic rings. The molecule has 2 aliphatic heterocycles. The first-order valence-electron chi connectivity index (χ1n) is 11.7. The van der Waals surface area contributed by atoms with E-state index >= 15 is 0 Å². The number of fused-ring (bicyclic) bond motifs is 3. The van der Waals surface area contributed by atoms with Crippen molar-refractivity contribution in [3.05, 3.63) is 112 Å². The highest BCUT2D eigenvalue weighted by atomic mass is 35.5. The van der Waals surface area contributed by atoms with E-state index in [4.69, 9.17) is 17.3 Å². The number of aromatic nitrogens is 2. The molecule has 0 saturated carbocycles. The Kier molecular flexibility index (Phi) is 5.09. The molecule has 36 heavy (non-hydrogen) atoms. The second-order valence-electron chi connectivity index (χ2n) is 9.38. The van der Waals surface area contributed by atoms with Crippen LogP contribution in [0.2, 0.25) is 5.02 Å². The number of benzene rings is 2. The lowest BCUT2D eigenvalue weighted by atomic mass is 9.86. The summed E-state index contributed by atoms with van der Waals surface area (Å²) in [7, 11) is 0. The van der Waals surface area contributed by atoms with Crippen LogP contribution >= 0.6 is 11.6 Å². The van der Waals surface area contributed by atoms with Crippen LogP contribution < -0.4 is 5.73 Å². The predicted molar refractivity (Wildman–Crippen MR) is 139 cm³/mol. The van der Waals surface area contributed by atoms with Gasteiger partial charge in [-0.05, 0) is 41.8 Å². The van der Waals surface area contributed by atoms with Gasteiger partial charge in [0.15, 0.2) is 11.6 Å². The first kappa shape index (κ1) is 22.6. The molecule has 4 heterocycles. The van der Waals surface area contributed by atoms with E-state index in [-0.39, 0.29) is 11.6 Å². The molecule has 3 N–H and O–H groups in total. The number of anilines is 1. The molecule has 1 fully saturated rings. The van der Waals surface area contributed by atoms with Crippen LogP contribution in [0.15, 0.2) is 73.5 Å². The summed E-state index contributed by atoms with van der Waals surface area (Å²) in [4.78, 5) is 11.9. The maximum atomic E-state index is 14.0. The predicted octanol–water partition coefficient (Wildman–Crippen LogP) is 6.18. The van der Waals surface area contributed by atoms with Crippen molar-refractivity contribution in [3.63, 3.8) is 0 Å². The maximum absolute atomic E-state index is 14.0. The minimum absolute atomic E-state index is 0.130. The van der Waals surface area contributed by atoms with E-state index in [1.54, 1.807) is 12.1 Å². The van der Waals surface area contributed by atoms with Gasteiger partial charge in [0.2, 0.25) is 0 Å². The Bertz CT molecular complexity index is 1500. The van der Waals surface area contributed by atoms with Crippen LogP contribution in [0.25, 0.3) is 16.7 Å². The Morgan fingerprint density at radius 2 is 1.86 bits per heavy atom. The number of hydrogen-bond donors (Lipinski definition) is 2. The molecule has 0 aliphatic carbocycles. The van der Waals surface area contributed by atoms with Crippen LogP contribution in [0.3, 0.4) is 0 Å². The lowest BCUT2D eigenvalue weighted by Crippen LogP contribution is -2.40. The topological polar surface area (TPSA) is 61.2 Å². The molecular weight excluding hydrogens is 480 g/mol. The number of likely N-dealkylation sites (tertiary alicyclic amines) is 1. The highest BCUT2D eigenvalue weighted by Gasteiger charge is 2.54. The van der Waals surface area contributed by atoms with Crippen molar-refractivity contribution in [2.24, 2.45) is 0 Å². The van der Waals surface area contributed by atoms with Gasteiger partial charge in [-0.3, -0.25) is 0 Å². The minimum atomic E-state index is -0.558. The number of pyridine rings is 1. The van der Waals surface area contributed by atoms with Crippen molar-refractivity contribution in [2.75, 3.05) is 12.3 Å². The molecule has 8 heteroatoms. The summed E-state index contributed by atoms with van der Waals surface area (Å²) in [5.74, 6) is -0.945. The van der Waals surface area contributed by atoms with Gasteiger partial charge in [-0.25, -0.2) is 13.8 Å². The molecule has 2 aromatic heterocycles. The number of H-pyrrole nitrogens is 1. The summed E-state index contributed by atoms with van der Waals surface area (Å²) < 4.78 is 27.4. The summed E-state index contributed by atoms with van der Waals surface area (Å²) in [6, 6.07) is 15.7. The van der Waals surface area contributed by atoms with Crippen LogP contribution in [0, 0.1) is 11.6 Å². The summed E-state index contributed by atoms with van der Waals surface area (Å²) >= 11 is 6.68. The van der Waals surface area contributed by atoms with Gasteiger partial charge in [-0.2, -0.15) is 0 Å². The SMILES string of the molecule is C=C1c2c(Cl)cccc2C2(CCN(Cc3ccc(F)cc3)C2=C)N1Cc1cc2nc(N)c(F)cc2[nH]1. The van der Waals surface area contributed by atoms with Gasteiger partial charge in [-0.1, -0.05) is 49.0 Å². The van der Waals surface area contributed by atoms with Crippen molar-refractivity contribution < 1.29 is 8.78 Å². The van der Waals surface area contributed by atoms with Crippen LogP contribution in [-0.2, 0) is 18.6 Å². The molecule has 0 amide bonds. The van der Waals surface area contributed by atoms with Crippen LogP contribution in [0.4, 0.5) is 14.6 Å². The van der Waals surface area contributed by atoms with Gasteiger partial charge in [0.1, 0.15) is 11.4 Å². The summed E-state index contributed by atoms with van der Waals surface area (Å²) in [6.45, 7) is 10.8. The number of rotatable bonds is 4. The largest absolute Gasteiger partial charge is 0.381 e. The quantitative estimate of drug-likeness (QED) is 0.349. The van der Waals surface area contributed by atoms with E-state index in [1.807, 2.05) is 18.2 Å². The first-order chi connectivity index (χ1) is 17.3. The second kappa shape index (κ2) is 8.10. The van der Waals surface area contributed by atoms with E-state index in [1.165, 1.54) is 18.2 Å². The number of aromatic amines is 1. The highest BCUT2D eigenvalue weighted by Crippen LogP contribution is 2.56. The average molecular weight is 504 g/mol. The Morgan fingerprint density at radius 1 is 1.08 bits per heavy atom. The summed E-state index contributed by atoms with van der Waals surface area (Å²) in [6.07, 6.45) is 0.777. The molecular formula is C28H24ClF2N5. The number of nitrogens with two attached hydrogens (primary N) is 1. The second-order valence-corrected chi connectivity index (χ2v) is 9.79. The lowest BCUT2D eigenvalue weighted by molar-refractivity contribution is 0.207. The van der Waals surface area contributed by atoms with Gasteiger partial charge < -0.3 is 20.5 Å². The molecule has 6 rings (SSSR count). The van der Waals surface area contributed by atoms with Crippen LogP contribution in [-0.4, -0.2) is 26.3 Å².